The number of nitro benzene ring substituents is 2. The van der Waals surface area contributed by atoms with Crippen LogP contribution in [0.5, 0.6) is 0 Å². The molecule has 2 aliphatic rings. The molecule has 33 heavy (non-hydrogen) atoms. The van der Waals surface area contributed by atoms with Crippen molar-refractivity contribution in [3.05, 3.63) is 67.2 Å². The number of fused-ring (bicyclic) bond motifs is 1. The minimum Gasteiger partial charge on any atom is -0.312 e. The molecule has 1 fully saturated rings. The Morgan fingerprint density at radius 3 is 2.21 bits per heavy atom. The molecule has 0 N–H and O–H groups in total. The maximum atomic E-state index is 13.1. The van der Waals surface area contributed by atoms with Gasteiger partial charge in [-0.25, -0.2) is 8.42 Å². The zero-order chi connectivity index (χ0) is 23.9. The highest BCUT2D eigenvalue weighted by Crippen LogP contribution is 2.35. The molecule has 0 spiro atoms. The maximum absolute atomic E-state index is 13.1. The van der Waals surface area contributed by atoms with Crippen molar-refractivity contribution >= 4 is 44.6 Å². The molecule has 0 radical (unpaired) electrons. The maximum Gasteiger partial charge on any atom is 0.270 e. The second kappa shape index (κ2) is 8.69. The van der Waals surface area contributed by atoms with Crippen LogP contribution >= 0.6 is 11.6 Å². The van der Waals surface area contributed by atoms with E-state index >= 15 is 0 Å². The summed E-state index contributed by atoms with van der Waals surface area (Å²) in [7, 11) is -4.07. The third-order valence-corrected chi connectivity index (χ3v) is 8.36. The van der Waals surface area contributed by atoms with E-state index in [-0.39, 0.29) is 53.1 Å². The number of non-ortho nitro benzene ring substituents is 2. The first kappa shape index (κ1) is 23.1. The van der Waals surface area contributed by atoms with Crippen LogP contribution in [0.25, 0.3) is 0 Å². The van der Waals surface area contributed by atoms with Gasteiger partial charge in [0.05, 0.1) is 14.9 Å². The monoisotopic (exact) mass is 494 g/mol. The SMILES string of the molecule is O=C(C1CCN(S(=O)(=O)c2cc([N+](=O)[O-])ccc2Cl)CC1)N1CCc2cc([N+](=O)[O-])ccc21. The Labute approximate surface area is 193 Å². The average Bonchev–Trinajstić information content (AvgIpc) is 3.22. The lowest BCUT2D eigenvalue weighted by Crippen LogP contribution is -2.44. The molecular formula is C20H19ClN4O7S. The van der Waals surface area contributed by atoms with E-state index in [0.29, 0.717) is 18.7 Å². The van der Waals surface area contributed by atoms with Gasteiger partial charge in [-0.3, -0.25) is 25.0 Å². The van der Waals surface area contributed by atoms with Crippen LogP contribution in [0.2, 0.25) is 5.02 Å². The fraction of sp³-hybridized carbons (Fsp3) is 0.350. The molecule has 2 aromatic carbocycles. The van der Waals surface area contributed by atoms with Crippen LogP contribution in [0.1, 0.15) is 18.4 Å². The van der Waals surface area contributed by atoms with Crippen LogP contribution in [0.4, 0.5) is 17.1 Å². The molecule has 0 saturated carbocycles. The van der Waals surface area contributed by atoms with Gasteiger partial charge in [0.15, 0.2) is 0 Å². The van der Waals surface area contributed by atoms with Crippen LogP contribution in [-0.2, 0) is 21.2 Å². The Kier molecular flexibility index (Phi) is 6.08. The summed E-state index contributed by atoms with van der Waals surface area (Å²) in [4.78, 5) is 35.2. The lowest BCUT2D eigenvalue weighted by molar-refractivity contribution is -0.385. The predicted molar refractivity (Wildman–Crippen MR) is 119 cm³/mol. The minimum absolute atomic E-state index is 0.0265. The number of nitrogens with zero attached hydrogens (tertiary/aromatic N) is 4. The molecule has 1 saturated heterocycles. The van der Waals surface area contributed by atoms with Gasteiger partial charge in [0.1, 0.15) is 4.90 Å². The number of sulfonamides is 1. The van der Waals surface area contributed by atoms with Gasteiger partial charge in [0, 0.05) is 55.5 Å². The van der Waals surface area contributed by atoms with Crippen molar-refractivity contribution < 1.29 is 23.1 Å². The topological polar surface area (TPSA) is 144 Å². The fourth-order valence-corrected chi connectivity index (χ4v) is 6.20. The van der Waals surface area contributed by atoms with Crippen molar-refractivity contribution in [3.8, 4) is 0 Å². The summed E-state index contributed by atoms with van der Waals surface area (Å²) in [6.45, 7) is 0.550. The number of piperidine rings is 1. The van der Waals surface area contributed by atoms with Crippen LogP contribution in [-0.4, -0.2) is 48.1 Å². The first-order valence-corrected chi connectivity index (χ1v) is 11.9. The second-order valence-corrected chi connectivity index (χ2v) is 10.2. The average molecular weight is 495 g/mol. The summed E-state index contributed by atoms with van der Waals surface area (Å²) in [5.74, 6) is -0.550. The summed E-state index contributed by atoms with van der Waals surface area (Å²) in [5, 5.41) is 21.9. The molecule has 0 aromatic heterocycles. The molecule has 2 aliphatic heterocycles. The minimum atomic E-state index is -4.07. The number of halogens is 1. The molecule has 11 nitrogen and oxygen atoms in total. The van der Waals surface area contributed by atoms with Gasteiger partial charge in [0.2, 0.25) is 15.9 Å². The Morgan fingerprint density at radius 2 is 1.58 bits per heavy atom. The molecule has 0 atom stereocenters. The van der Waals surface area contributed by atoms with Gasteiger partial charge in [-0.15, -0.1) is 0 Å². The first-order valence-electron chi connectivity index (χ1n) is 10.1. The van der Waals surface area contributed by atoms with Crippen LogP contribution in [0.15, 0.2) is 41.3 Å². The van der Waals surface area contributed by atoms with E-state index in [1.807, 2.05) is 0 Å². The number of rotatable bonds is 5. The number of carbonyl (C=O) groups excluding carboxylic acids is 1. The normalized spacial score (nSPS) is 17.1. The van der Waals surface area contributed by atoms with E-state index in [2.05, 4.69) is 0 Å². The van der Waals surface area contributed by atoms with Crippen molar-refractivity contribution in [1.82, 2.24) is 4.31 Å². The number of hydrogen-bond acceptors (Lipinski definition) is 7. The van der Waals surface area contributed by atoms with Gasteiger partial charge >= 0.3 is 0 Å². The molecule has 0 bridgehead atoms. The Morgan fingerprint density at radius 1 is 0.970 bits per heavy atom. The van der Waals surface area contributed by atoms with Crippen molar-refractivity contribution in [3.63, 3.8) is 0 Å². The lowest BCUT2D eigenvalue weighted by atomic mass is 9.96. The van der Waals surface area contributed by atoms with Gasteiger partial charge in [-0.1, -0.05) is 11.6 Å². The van der Waals surface area contributed by atoms with E-state index in [9.17, 15) is 33.4 Å². The van der Waals surface area contributed by atoms with Crippen molar-refractivity contribution in [1.29, 1.82) is 0 Å². The third kappa shape index (κ3) is 4.28. The Balaban J connectivity index is 1.47. The molecule has 13 heteroatoms. The third-order valence-electron chi connectivity index (χ3n) is 5.98. The van der Waals surface area contributed by atoms with Gasteiger partial charge < -0.3 is 4.90 Å². The largest absolute Gasteiger partial charge is 0.312 e. The summed E-state index contributed by atoms with van der Waals surface area (Å²) < 4.78 is 27.3. The highest BCUT2D eigenvalue weighted by Gasteiger charge is 2.37. The number of amides is 1. The smallest absolute Gasteiger partial charge is 0.270 e. The van der Waals surface area contributed by atoms with Crippen LogP contribution in [0.3, 0.4) is 0 Å². The molecule has 2 heterocycles. The fourth-order valence-electron chi connectivity index (χ4n) is 4.24. The molecular weight excluding hydrogens is 476 g/mol. The van der Waals surface area contributed by atoms with Crippen molar-refractivity contribution in [2.24, 2.45) is 5.92 Å². The predicted octanol–water partition coefficient (Wildman–Crippen LogP) is 3.15. The summed E-state index contributed by atoms with van der Waals surface area (Å²) >= 11 is 6.02. The highest BCUT2D eigenvalue weighted by molar-refractivity contribution is 7.89. The van der Waals surface area contributed by atoms with Gasteiger partial charge in [0.25, 0.3) is 11.4 Å². The van der Waals surface area contributed by atoms with E-state index in [4.69, 9.17) is 11.6 Å². The number of benzene rings is 2. The number of nitro groups is 2. The molecule has 174 valence electrons. The Bertz CT molecular complexity index is 1260. The standard InChI is InChI=1S/C20H19ClN4O7S/c21-17-3-1-16(25(29)30)12-19(17)33(31,32)22-8-5-13(6-9-22)20(26)23-10-7-14-11-15(24(27)28)2-4-18(14)23/h1-4,11-13H,5-10H2. The summed E-state index contributed by atoms with van der Waals surface area (Å²) in [6.07, 6.45) is 1.08. The van der Waals surface area contributed by atoms with Crippen LogP contribution in [0, 0.1) is 26.1 Å². The van der Waals surface area contributed by atoms with Gasteiger partial charge in [-0.2, -0.15) is 4.31 Å². The molecule has 2 aromatic rings. The second-order valence-electron chi connectivity index (χ2n) is 7.86. The van der Waals surface area contributed by atoms with Crippen molar-refractivity contribution in [2.75, 3.05) is 24.5 Å². The van der Waals surface area contributed by atoms with E-state index in [1.165, 1.54) is 22.5 Å². The Hall–Kier alpha value is -3.09. The highest BCUT2D eigenvalue weighted by atomic mass is 35.5. The number of anilines is 1. The number of carbonyl (C=O) groups is 1. The zero-order valence-corrected chi connectivity index (χ0v) is 18.8. The van der Waals surface area contributed by atoms with Crippen molar-refractivity contribution in [2.45, 2.75) is 24.2 Å². The quantitative estimate of drug-likeness (QED) is 0.458. The molecule has 0 unspecified atom stereocenters. The lowest BCUT2D eigenvalue weighted by Gasteiger charge is -2.32. The van der Waals surface area contributed by atoms with Crippen LogP contribution < -0.4 is 4.90 Å². The van der Waals surface area contributed by atoms with E-state index in [1.54, 1.807) is 11.0 Å². The summed E-state index contributed by atoms with van der Waals surface area (Å²) in [6, 6.07) is 7.66. The molecule has 4 rings (SSSR count). The molecule has 1 amide bonds. The zero-order valence-electron chi connectivity index (χ0n) is 17.2. The van der Waals surface area contributed by atoms with E-state index in [0.717, 1.165) is 17.7 Å². The van der Waals surface area contributed by atoms with E-state index < -0.39 is 25.8 Å². The number of hydrogen-bond donors (Lipinski definition) is 0. The molecule has 0 aliphatic carbocycles. The van der Waals surface area contributed by atoms with Gasteiger partial charge in [-0.05, 0) is 37.0 Å². The first-order chi connectivity index (χ1) is 15.6. The summed E-state index contributed by atoms with van der Waals surface area (Å²) in [5.41, 5.74) is 0.972.